The Kier molecular flexibility index (Phi) is 7.36. The van der Waals surface area contributed by atoms with Crippen LogP contribution in [0.15, 0.2) is 60.7 Å². The molecular weight excluding hydrogens is 431 g/mol. The zero-order valence-electron chi connectivity index (χ0n) is 19.9. The first-order chi connectivity index (χ1) is 16.5. The highest BCUT2D eigenvalue weighted by molar-refractivity contribution is 5.97. The summed E-state index contributed by atoms with van der Waals surface area (Å²) in [6.07, 6.45) is 6.49. The summed E-state index contributed by atoms with van der Waals surface area (Å²) in [4.78, 5) is 14.1. The van der Waals surface area contributed by atoms with Crippen molar-refractivity contribution in [3.8, 4) is 5.75 Å². The molecule has 178 valence electrons. The lowest BCUT2D eigenvalue weighted by Crippen LogP contribution is -2.11. The zero-order valence-corrected chi connectivity index (χ0v) is 19.9. The van der Waals surface area contributed by atoms with E-state index in [1.54, 1.807) is 24.3 Å². The van der Waals surface area contributed by atoms with Crippen LogP contribution in [0.1, 0.15) is 53.9 Å². The van der Waals surface area contributed by atoms with Crippen molar-refractivity contribution in [1.82, 2.24) is 0 Å². The Morgan fingerprint density at radius 1 is 0.912 bits per heavy atom. The second kappa shape index (κ2) is 10.6. The summed E-state index contributed by atoms with van der Waals surface area (Å²) in [6.45, 7) is 0. The van der Waals surface area contributed by atoms with E-state index in [-0.39, 0.29) is 11.3 Å². The molecule has 0 spiro atoms. The molecule has 34 heavy (non-hydrogen) atoms. The summed E-state index contributed by atoms with van der Waals surface area (Å²) >= 11 is 0. The Balaban J connectivity index is 1.51. The number of rotatable bonds is 7. The summed E-state index contributed by atoms with van der Waals surface area (Å²) in [5, 5.41) is 3.01. The van der Waals surface area contributed by atoms with E-state index in [0.717, 1.165) is 11.4 Å². The van der Waals surface area contributed by atoms with Gasteiger partial charge in [0.15, 0.2) is 0 Å². The predicted molar refractivity (Wildman–Crippen MR) is 134 cm³/mol. The normalized spacial score (nSPS) is 13.9. The molecule has 1 saturated carbocycles. The van der Waals surface area contributed by atoms with Crippen LogP contribution in [0.4, 0.5) is 27.1 Å². The molecule has 1 aliphatic carbocycles. The zero-order chi connectivity index (χ0) is 24.1. The fraction of sp³-hybridized carbons (Fsp3) is 0.321. The minimum absolute atomic E-state index is 0.264. The van der Waals surface area contributed by atoms with Crippen LogP contribution in [0.5, 0.6) is 5.75 Å². The lowest BCUT2D eigenvalue weighted by atomic mass is 9.84. The highest BCUT2D eigenvalue weighted by Gasteiger charge is 2.17. The van der Waals surface area contributed by atoms with Gasteiger partial charge >= 0.3 is 5.97 Å². The number of methoxy groups -OCH3 is 2. The number of ether oxygens (including phenoxy) is 2. The van der Waals surface area contributed by atoms with Crippen molar-refractivity contribution < 1.29 is 18.7 Å². The lowest BCUT2D eigenvalue weighted by molar-refractivity contribution is 0.0601. The molecule has 6 heteroatoms. The van der Waals surface area contributed by atoms with Gasteiger partial charge in [-0.2, -0.15) is 0 Å². The summed E-state index contributed by atoms with van der Waals surface area (Å²) in [5.41, 5.74) is 4.09. The van der Waals surface area contributed by atoms with E-state index in [1.807, 2.05) is 18.0 Å². The molecule has 0 radical (unpaired) electrons. The summed E-state index contributed by atoms with van der Waals surface area (Å²) in [7, 11) is 4.75. The van der Waals surface area contributed by atoms with Crippen LogP contribution in [0.25, 0.3) is 0 Å². The second-order valence-corrected chi connectivity index (χ2v) is 8.68. The van der Waals surface area contributed by atoms with Crippen LogP contribution in [0.2, 0.25) is 0 Å². The third kappa shape index (κ3) is 5.16. The van der Waals surface area contributed by atoms with Gasteiger partial charge in [0.25, 0.3) is 0 Å². The molecule has 0 bridgehead atoms. The number of hydrogen-bond donors (Lipinski definition) is 1. The van der Waals surface area contributed by atoms with Crippen LogP contribution in [-0.2, 0) is 4.74 Å². The molecule has 3 aromatic carbocycles. The second-order valence-electron chi connectivity index (χ2n) is 8.68. The van der Waals surface area contributed by atoms with Crippen molar-refractivity contribution in [1.29, 1.82) is 0 Å². The van der Waals surface area contributed by atoms with E-state index >= 15 is 4.39 Å². The lowest BCUT2D eigenvalue weighted by Gasteiger charge is -2.24. The van der Waals surface area contributed by atoms with E-state index < -0.39 is 11.8 Å². The Morgan fingerprint density at radius 2 is 1.59 bits per heavy atom. The largest absolute Gasteiger partial charge is 0.497 e. The first kappa shape index (κ1) is 23.6. The van der Waals surface area contributed by atoms with Gasteiger partial charge < -0.3 is 19.7 Å². The van der Waals surface area contributed by atoms with Crippen molar-refractivity contribution in [3.63, 3.8) is 0 Å². The number of esters is 1. The smallest absolute Gasteiger partial charge is 0.340 e. The first-order valence-electron chi connectivity index (χ1n) is 11.7. The molecule has 3 aromatic rings. The Hall–Kier alpha value is -3.54. The van der Waals surface area contributed by atoms with Gasteiger partial charge in [-0.15, -0.1) is 0 Å². The molecule has 0 aliphatic heterocycles. The molecule has 5 nitrogen and oxygen atoms in total. The van der Waals surface area contributed by atoms with Crippen LogP contribution in [-0.4, -0.2) is 27.2 Å². The standard InChI is InChI=1S/C28H31FN2O3/c1-31(21-11-9-20(10-12-21)19-7-5-4-6-8-19)22-13-15-27(25(29)17-22)30-26-16-14-23(33-2)18-24(26)28(32)34-3/h9-19,30H,4-8H2,1-3H3. The Morgan fingerprint density at radius 3 is 2.24 bits per heavy atom. The number of carbonyl (C=O) groups excluding carboxylic acids is 1. The number of carbonyl (C=O) groups is 1. The number of nitrogens with one attached hydrogen (secondary N) is 1. The van der Waals surface area contributed by atoms with E-state index in [2.05, 4.69) is 29.6 Å². The minimum atomic E-state index is -0.533. The molecule has 0 atom stereocenters. The number of hydrogen-bond acceptors (Lipinski definition) is 5. The van der Waals surface area contributed by atoms with Crippen molar-refractivity contribution in [3.05, 3.63) is 77.6 Å². The summed E-state index contributed by atoms with van der Waals surface area (Å²) in [5.74, 6) is 0.214. The maximum atomic E-state index is 15.0. The number of halogens is 1. The maximum Gasteiger partial charge on any atom is 0.340 e. The molecule has 1 fully saturated rings. The summed E-state index contributed by atoms with van der Waals surface area (Å²) in [6, 6.07) is 18.5. The fourth-order valence-electron chi connectivity index (χ4n) is 4.55. The third-order valence-electron chi connectivity index (χ3n) is 6.60. The molecule has 0 saturated heterocycles. The van der Waals surface area contributed by atoms with E-state index in [4.69, 9.17) is 9.47 Å². The molecule has 0 unspecified atom stereocenters. The van der Waals surface area contributed by atoms with Gasteiger partial charge in [0.2, 0.25) is 0 Å². The van der Waals surface area contributed by atoms with Crippen molar-refractivity contribution >= 4 is 28.7 Å². The molecule has 1 N–H and O–H groups in total. The van der Waals surface area contributed by atoms with Gasteiger partial charge in [0.1, 0.15) is 11.6 Å². The highest BCUT2D eigenvalue weighted by Crippen LogP contribution is 2.35. The van der Waals surface area contributed by atoms with Gasteiger partial charge in [0.05, 0.1) is 31.2 Å². The van der Waals surface area contributed by atoms with E-state index in [1.165, 1.54) is 58.0 Å². The van der Waals surface area contributed by atoms with Crippen molar-refractivity contribution in [2.75, 3.05) is 31.5 Å². The van der Waals surface area contributed by atoms with E-state index in [0.29, 0.717) is 17.4 Å². The minimum Gasteiger partial charge on any atom is -0.497 e. The van der Waals surface area contributed by atoms with Gasteiger partial charge in [-0.1, -0.05) is 31.4 Å². The van der Waals surface area contributed by atoms with Gasteiger partial charge in [-0.25, -0.2) is 9.18 Å². The van der Waals surface area contributed by atoms with E-state index in [9.17, 15) is 4.79 Å². The molecular formula is C28H31FN2O3. The van der Waals surface area contributed by atoms with Crippen LogP contribution >= 0.6 is 0 Å². The summed E-state index contributed by atoms with van der Waals surface area (Å²) < 4.78 is 25.1. The number of anilines is 4. The van der Waals surface area contributed by atoms with Crippen LogP contribution < -0.4 is 15.0 Å². The van der Waals surface area contributed by atoms with Crippen molar-refractivity contribution in [2.24, 2.45) is 0 Å². The molecule has 0 aromatic heterocycles. The molecule has 4 rings (SSSR count). The molecule has 1 aliphatic rings. The molecule has 0 amide bonds. The van der Waals surface area contributed by atoms with Crippen LogP contribution in [0.3, 0.4) is 0 Å². The SMILES string of the molecule is COC(=O)c1cc(OC)ccc1Nc1ccc(N(C)c2ccc(C3CCCCC3)cc2)cc1F. The maximum absolute atomic E-state index is 15.0. The highest BCUT2D eigenvalue weighted by atomic mass is 19.1. The topological polar surface area (TPSA) is 50.8 Å². The number of nitrogens with zero attached hydrogens (tertiary/aromatic N) is 1. The van der Waals surface area contributed by atoms with Gasteiger partial charge in [-0.05, 0) is 72.9 Å². The Bertz CT molecular complexity index is 1140. The third-order valence-corrected chi connectivity index (χ3v) is 6.60. The molecule has 0 heterocycles. The average Bonchev–Trinajstić information content (AvgIpc) is 2.89. The number of benzene rings is 3. The average molecular weight is 463 g/mol. The monoisotopic (exact) mass is 462 g/mol. The predicted octanol–water partition coefficient (Wildman–Crippen LogP) is 7.18. The quantitative estimate of drug-likeness (QED) is 0.377. The van der Waals surface area contributed by atoms with Gasteiger partial charge in [-0.3, -0.25) is 0 Å². The Labute approximate surface area is 200 Å². The fourth-order valence-corrected chi connectivity index (χ4v) is 4.55. The van der Waals surface area contributed by atoms with Crippen LogP contribution in [0, 0.1) is 5.82 Å². The first-order valence-corrected chi connectivity index (χ1v) is 11.7. The van der Waals surface area contributed by atoms with Gasteiger partial charge in [0, 0.05) is 18.4 Å². The van der Waals surface area contributed by atoms with Crippen molar-refractivity contribution in [2.45, 2.75) is 38.0 Å².